The minimum absolute atomic E-state index is 0.128. The van der Waals surface area contributed by atoms with Crippen LogP contribution in [-0.4, -0.2) is 39.1 Å². The van der Waals surface area contributed by atoms with Gasteiger partial charge in [0.15, 0.2) is 0 Å². The number of ether oxygens (including phenoxy) is 1. The van der Waals surface area contributed by atoms with E-state index in [2.05, 4.69) is 10.0 Å². The van der Waals surface area contributed by atoms with Gasteiger partial charge in [-0.2, -0.15) is 0 Å². The number of fused-ring (bicyclic) bond motifs is 3. The standard InChI is InChI=1S/C19H19N3O5S/c1-12(23)20-11-18-17-10-13-9-15(7-8-16(13)22(17)19(24)27-18)28(25,26)21-14-5-3-2-4-6-14/h2-9,17-18,21H,10-11H2,1H3,(H,20,23)/t17-,18-/m0/s1. The van der Waals surface area contributed by atoms with E-state index in [-0.39, 0.29) is 23.4 Å². The summed E-state index contributed by atoms with van der Waals surface area (Å²) < 4.78 is 33.3. The van der Waals surface area contributed by atoms with E-state index in [4.69, 9.17) is 4.74 Å². The number of cyclic esters (lactones) is 1. The summed E-state index contributed by atoms with van der Waals surface area (Å²) in [6.45, 7) is 1.62. The van der Waals surface area contributed by atoms with Crippen molar-refractivity contribution in [3.63, 3.8) is 0 Å². The molecule has 1 saturated heterocycles. The number of hydrogen-bond acceptors (Lipinski definition) is 5. The monoisotopic (exact) mass is 401 g/mol. The number of carbonyl (C=O) groups excluding carboxylic acids is 2. The van der Waals surface area contributed by atoms with Crippen LogP contribution in [0.2, 0.25) is 0 Å². The molecule has 146 valence electrons. The van der Waals surface area contributed by atoms with Gasteiger partial charge in [-0.05, 0) is 42.3 Å². The van der Waals surface area contributed by atoms with Crippen molar-refractivity contribution in [1.82, 2.24) is 5.32 Å². The number of amides is 2. The molecule has 0 aromatic heterocycles. The Bertz CT molecular complexity index is 1040. The number of carbonyl (C=O) groups is 2. The van der Waals surface area contributed by atoms with E-state index in [1.54, 1.807) is 42.5 Å². The Kier molecular flexibility index (Phi) is 4.46. The first-order valence-electron chi connectivity index (χ1n) is 8.80. The van der Waals surface area contributed by atoms with Crippen molar-refractivity contribution >= 4 is 33.4 Å². The Labute approximate surface area is 162 Å². The van der Waals surface area contributed by atoms with Crippen molar-refractivity contribution in [2.75, 3.05) is 16.2 Å². The molecular formula is C19H19N3O5S. The van der Waals surface area contributed by atoms with Crippen LogP contribution in [-0.2, 0) is 26.0 Å². The van der Waals surface area contributed by atoms with Gasteiger partial charge >= 0.3 is 6.09 Å². The zero-order valence-corrected chi connectivity index (χ0v) is 15.9. The number of nitrogens with zero attached hydrogens (tertiary/aromatic N) is 1. The van der Waals surface area contributed by atoms with Gasteiger partial charge in [-0.3, -0.25) is 14.4 Å². The molecule has 2 aromatic carbocycles. The van der Waals surface area contributed by atoms with Crippen molar-refractivity contribution in [2.24, 2.45) is 0 Å². The molecule has 2 N–H and O–H groups in total. The highest BCUT2D eigenvalue weighted by atomic mass is 32.2. The summed E-state index contributed by atoms with van der Waals surface area (Å²) >= 11 is 0. The third-order valence-electron chi connectivity index (χ3n) is 4.84. The van der Waals surface area contributed by atoms with E-state index in [1.807, 2.05) is 0 Å². The molecule has 0 radical (unpaired) electrons. The maximum absolute atomic E-state index is 12.7. The molecule has 2 aromatic rings. The van der Waals surface area contributed by atoms with Crippen molar-refractivity contribution in [3.8, 4) is 0 Å². The molecular weight excluding hydrogens is 382 g/mol. The number of nitrogens with one attached hydrogen (secondary N) is 2. The molecule has 2 aliphatic heterocycles. The molecule has 8 nitrogen and oxygen atoms in total. The third kappa shape index (κ3) is 3.29. The largest absolute Gasteiger partial charge is 0.442 e. The summed E-state index contributed by atoms with van der Waals surface area (Å²) in [4.78, 5) is 25.1. The van der Waals surface area contributed by atoms with Crippen LogP contribution in [0.15, 0.2) is 53.4 Å². The van der Waals surface area contributed by atoms with Gasteiger partial charge in [0.2, 0.25) is 5.91 Å². The summed E-state index contributed by atoms with van der Waals surface area (Å²) in [5.41, 5.74) is 1.87. The van der Waals surface area contributed by atoms with Crippen LogP contribution in [0.1, 0.15) is 12.5 Å². The second-order valence-electron chi connectivity index (χ2n) is 6.76. The molecule has 0 unspecified atom stereocenters. The Morgan fingerprint density at radius 3 is 2.68 bits per heavy atom. The van der Waals surface area contributed by atoms with E-state index in [0.717, 1.165) is 5.56 Å². The molecule has 4 rings (SSSR count). The highest BCUT2D eigenvalue weighted by molar-refractivity contribution is 7.92. The molecule has 9 heteroatoms. The summed E-state index contributed by atoms with van der Waals surface area (Å²) in [5, 5.41) is 2.66. The average Bonchev–Trinajstić information content (AvgIpc) is 3.17. The third-order valence-corrected chi connectivity index (χ3v) is 6.22. The van der Waals surface area contributed by atoms with Crippen molar-refractivity contribution < 1.29 is 22.7 Å². The van der Waals surface area contributed by atoms with Crippen LogP contribution in [0.5, 0.6) is 0 Å². The predicted octanol–water partition coefficient (Wildman–Crippen LogP) is 1.87. The molecule has 0 aliphatic carbocycles. The predicted molar refractivity (Wildman–Crippen MR) is 103 cm³/mol. The Balaban J connectivity index is 1.58. The Morgan fingerprint density at radius 1 is 1.21 bits per heavy atom. The lowest BCUT2D eigenvalue weighted by Gasteiger charge is -2.16. The smallest absolute Gasteiger partial charge is 0.415 e. The number of hydrogen-bond donors (Lipinski definition) is 2. The van der Waals surface area contributed by atoms with Gasteiger partial charge in [-0.1, -0.05) is 18.2 Å². The molecule has 0 spiro atoms. The number of rotatable bonds is 5. The maximum atomic E-state index is 12.7. The minimum Gasteiger partial charge on any atom is -0.442 e. The fourth-order valence-electron chi connectivity index (χ4n) is 3.56. The lowest BCUT2D eigenvalue weighted by Crippen LogP contribution is -2.40. The molecule has 2 heterocycles. The van der Waals surface area contributed by atoms with E-state index in [1.165, 1.54) is 17.9 Å². The van der Waals surface area contributed by atoms with Gasteiger partial charge < -0.3 is 10.1 Å². The normalized spacial score (nSPS) is 20.3. The van der Waals surface area contributed by atoms with E-state index < -0.39 is 22.2 Å². The molecule has 2 aliphatic rings. The van der Waals surface area contributed by atoms with Gasteiger partial charge in [-0.25, -0.2) is 13.2 Å². The number of anilines is 2. The van der Waals surface area contributed by atoms with E-state index >= 15 is 0 Å². The van der Waals surface area contributed by atoms with Crippen LogP contribution in [0, 0.1) is 0 Å². The maximum Gasteiger partial charge on any atom is 0.415 e. The molecule has 28 heavy (non-hydrogen) atoms. The number of sulfonamides is 1. The van der Waals surface area contributed by atoms with E-state index in [0.29, 0.717) is 17.8 Å². The molecule has 2 amide bonds. The minimum atomic E-state index is -3.75. The summed E-state index contributed by atoms with van der Waals surface area (Å²) in [6.07, 6.45) is -0.511. The van der Waals surface area contributed by atoms with Gasteiger partial charge in [-0.15, -0.1) is 0 Å². The quantitative estimate of drug-likeness (QED) is 0.796. The zero-order valence-electron chi connectivity index (χ0n) is 15.1. The van der Waals surface area contributed by atoms with Gasteiger partial charge in [0.1, 0.15) is 6.10 Å². The molecule has 2 atom stereocenters. The zero-order chi connectivity index (χ0) is 19.9. The van der Waals surface area contributed by atoms with Crippen molar-refractivity contribution in [2.45, 2.75) is 30.4 Å². The summed E-state index contributed by atoms with van der Waals surface area (Å²) in [5.74, 6) is -0.203. The topological polar surface area (TPSA) is 105 Å². The lowest BCUT2D eigenvalue weighted by atomic mass is 10.1. The second-order valence-corrected chi connectivity index (χ2v) is 8.45. The van der Waals surface area contributed by atoms with Crippen LogP contribution < -0.4 is 14.9 Å². The molecule has 0 saturated carbocycles. The van der Waals surface area contributed by atoms with Crippen molar-refractivity contribution in [3.05, 3.63) is 54.1 Å². The lowest BCUT2D eigenvalue weighted by molar-refractivity contribution is -0.119. The number of benzene rings is 2. The summed E-state index contributed by atoms with van der Waals surface area (Å²) in [6, 6.07) is 13.0. The molecule has 0 bridgehead atoms. The van der Waals surface area contributed by atoms with E-state index in [9.17, 15) is 18.0 Å². The van der Waals surface area contributed by atoms with Gasteiger partial charge in [0.05, 0.1) is 23.2 Å². The van der Waals surface area contributed by atoms with Crippen LogP contribution in [0.3, 0.4) is 0 Å². The highest BCUT2D eigenvalue weighted by Crippen LogP contribution is 2.39. The van der Waals surface area contributed by atoms with Crippen LogP contribution >= 0.6 is 0 Å². The SMILES string of the molecule is CC(=O)NC[C@@H]1OC(=O)N2c3ccc(S(=O)(=O)Nc4ccccc4)cc3C[C@@H]12. The first kappa shape index (κ1) is 18.3. The highest BCUT2D eigenvalue weighted by Gasteiger charge is 2.47. The molecule has 1 fully saturated rings. The first-order chi connectivity index (χ1) is 13.3. The van der Waals surface area contributed by atoms with Crippen LogP contribution in [0.25, 0.3) is 0 Å². The second kappa shape index (κ2) is 6.83. The Morgan fingerprint density at radius 2 is 1.96 bits per heavy atom. The van der Waals surface area contributed by atoms with Gasteiger partial charge in [0, 0.05) is 12.6 Å². The Hall–Kier alpha value is -3.07. The first-order valence-corrected chi connectivity index (χ1v) is 10.3. The number of para-hydroxylation sites is 1. The van der Waals surface area contributed by atoms with Gasteiger partial charge in [0.25, 0.3) is 10.0 Å². The van der Waals surface area contributed by atoms with Crippen LogP contribution in [0.4, 0.5) is 16.2 Å². The summed E-state index contributed by atoms with van der Waals surface area (Å²) in [7, 11) is -3.75. The fourth-order valence-corrected chi connectivity index (χ4v) is 4.67. The average molecular weight is 401 g/mol. The fraction of sp³-hybridized carbons (Fsp3) is 0.263. The van der Waals surface area contributed by atoms with Crippen molar-refractivity contribution in [1.29, 1.82) is 0 Å².